The van der Waals surface area contributed by atoms with E-state index in [1.165, 1.54) is 17.1 Å². The smallest absolute Gasteiger partial charge is 0.246 e. The van der Waals surface area contributed by atoms with E-state index in [9.17, 15) is 9.00 Å². The van der Waals surface area contributed by atoms with Gasteiger partial charge in [0.25, 0.3) is 0 Å². The van der Waals surface area contributed by atoms with Crippen molar-refractivity contribution in [2.24, 2.45) is 5.84 Å². The van der Waals surface area contributed by atoms with Crippen LogP contribution in [0, 0.1) is 0 Å². The van der Waals surface area contributed by atoms with Gasteiger partial charge in [-0.3, -0.25) is 19.1 Å². The van der Waals surface area contributed by atoms with Crippen LogP contribution in [-0.4, -0.2) is 25.6 Å². The molecule has 0 saturated carbocycles. The predicted octanol–water partition coefficient (Wildman–Crippen LogP) is -0.767. The maximum Gasteiger partial charge on any atom is 0.246 e. The highest BCUT2D eigenvalue weighted by atomic mass is 35.5. The quantitative estimate of drug-likeness (QED) is 0.408. The maximum atomic E-state index is 11.3. The summed E-state index contributed by atoms with van der Waals surface area (Å²) in [6.07, 6.45) is 2.96. The van der Waals surface area contributed by atoms with Crippen LogP contribution in [-0.2, 0) is 21.5 Å². The number of carbonyl (C=O) groups is 1. The van der Waals surface area contributed by atoms with Crippen molar-refractivity contribution >= 4 is 28.3 Å². The number of rotatable bonds is 4. The van der Waals surface area contributed by atoms with Gasteiger partial charge < -0.3 is 0 Å². The average molecular weight is 237 g/mol. The number of aromatic nitrogens is 2. The summed E-state index contributed by atoms with van der Waals surface area (Å²) in [4.78, 5) is 10.7. The second kappa shape index (κ2) is 5.08. The van der Waals surface area contributed by atoms with E-state index in [-0.39, 0.29) is 11.6 Å². The van der Waals surface area contributed by atoms with E-state index >= 15 is 0 Å². The van der Waals surface area contributed by atoms with E-state index in [4.69, 9.17) is 17.4 Å². The van der Waals surface area contributed by atoms with Gasteiger partial charge in [-0.05, 0) is 0 Å². The number of nitrogens with one attached hydrogen (secondary N) is 1. The Morgan fingerprint density at radius 2 is 2.50 bits per heavy atom. The summed E-state index contributed by atoms with van der Waals surface area (Å²) in [6.45, 7) is 0. The first-order chi connectivity index (χ1) is 6.61. The van der Waals surface area contributed by atoms with E-state index in [1.54, 1.807) is 0 Å². The van der Waals surface area contributed by atoms with Crippen molar-refractivity contribution in [3.8, 4) is 0 Å². The Labute approximate surface area is 87.8 Å². The SMILES string of the molecule is NNC(=O)CS(=O)Cn1cc(Cl)cn1. The summed E-state index contributed by atoms with van der Waals surface area (Å²) >= 11 is 5.60. The van der Waals surface area contributed by atoms with Crippen LogP contribution in [0.4, 0.5) is 0 Å². The third-order valence-electron chi connectivity index (χ3n) is 1.33. The number of nitrogens with two attached hydrogens (primary N) is 1. The Balaban J connectivity index is 2.45. The molecule has 1 unspecified atom stereocenters. The van der Waals surface area contributed by atoms with Crippen molar-refractivity contribution in [1.29, 1.82) is 0 Å². The normalized spacial score (nSPS) is 12.4. The minimum Gasteiger partial charge on any atom is -0.293 e. The Hall–Kier alpha value is -0.920. The molecule has 78 valence electrons. The molecule has 1 rings (SSSR count). The summed E-state index contributed by atoms with van der Waals surface area (Å²) in [5, 5.41) is 4.28. The maximum absolute atomic E-state index is 11.3. The highest BCUT2D eigenvalue weighted by Gasteiger charge is 2.07. The highest BCUT2D eigenvalue weighted by molar-refractivity contribution is 7.84. The van der Waals surface area contributed by atoms with Crippen molar-refractivity contribution in [3.05, 3.63) is 17.4 Å². The van der Waals surface area contributed by atoms with Crippen LogP contribution >= 0.6 is 11.6 Å². The molecule has 0 saturated heterocycles. The molecule has 1 aromatic rings. The molecule has 3 N–H and O–H groups in total. The number of hydrogen-bond donors (Lipinski definition) is 2. The lowest BCUT2D eigenvalue weighted by molar-refractivity contribution is -0.118. The molecule has 1 aromatic heterocycles. The lowest BCUT2D eigenvalue weighted by Crippen LogP contribution is -2.34. The van der Waals surface area contributed by atoms with Gasteiger partial charge in [-0.25, -0.2) is 5.84 Å². The lowest BCUT2D eigenvalue weighted by atomic mass is 10.7. The van der Waals surface area contributed by atoms with Crippen molar-refractivity contribution in [1.82, 2.24) is 15.2 Å². The summed E-state index contributed by atoms with van der Waals surface area (Å²) in [5.41, 5.74) is 1.90. The number of nitrogens with zero attached hydrogens (tertiary/aromatic N) is 2. The molecule has 1 atom stereocenters. The summed E-state index contributed by atoms with van der Waals surface area (Å²) in [7, 11) is -1.34. The molecular formula is C6H9ClN4O2S. The van der Waals surface area contributed by atoms with E-state index in [1.807, 2.05) is 5.43 Å². The molecule has 8 heteroatoms. The Morgan fingerprint density at radius 1 is 1.79 bits per heavy atom. The molecule has 0 aliphatic carbocycles. The van der Waals surface area contributed by atoms with E-state index in [0.29, 0.717) is 5.02 Å². The fourth-order valence-electron chi connectivity index (χ4n) is 0.790. The van der Waals surface area contributed by atoms with Crippen LogP contribution in [0.5, 0.6) is 0 Å². The molecule has 0 aliphatic rings. The molecule has 6 nitrogen and oxygen atoms in total. The number of hydrazine groups is 1. The molecule has 1 heterocycles. The molecule has 0 radical (unpaired) electrons. The van der Waals surface area contributed by atoms with Gasteiger partial charge in [-0.2, -0.15) is 5.10 Å². The highest BCUT2D eigenvalue weighted by Crippen LogP contribution is 2.04. The monoisotopic (exact) mass is 236 g/mol. The van der Waals surface area contributed by atoms with Gasteiger partial charge in [0.2, 0.25) is 5.91 Å². The van der Waals surface area contributed by atoms with Gasteiger partial charge in [0, 0.05) is 6.20 Å². The van der Waals surface area contributed by atoms with Crippen LogP contribution in [0.1, 0.15) is 0 Å². The summed E-state index contributed by atoms with van der Waals surface area (Å²) < 4.78 is 12.7. The fourth-order valence-corrected chi connectivity index (χ4v) is 1.85. The second-order valence-electron chi connectivity index (χ2n) is 2.48. The Kier molecular flexibility index (Phi) is 4.05. The number of hydrogen-bond acceptors (Lipinski definition) is 4. The van der Waals surface area contributed by atoms with Gasteiger partial charge in [0.05, 0.1) is 22.0 Å². The fraction of sp³-hybridized carbons (Fsp3) is 0.333. The standard InChI is InChI=1S/C6H9ClN4O2S/c7-5-1-9-11(2-5)4-14(13)3-6(12)10-8/h1-2H,3-4,8H2,(H,10,12). The van der Waals surface area contributed by atoms with Crippen molar-refractivity contribution < 1.29 is 9.00 Å². The summed E-state index contributed by atoms with van der Waals surface area (Å²) in [5.74, 6) is 4.35. The van der Waals surface area contributed by atoms with Crippen LogP contribution in [0.3, 0.4) is 0 Å². The Morgan fingerprint density at radius 3 is 3.00 bits per heavy atom. The molecule has 1 amide bonds. The van der Waals surface area contributed by atoms with Gasteiger partial charge >= 0.3 is 0 Å². The number of carbonyl (C=O) groups excluding carboxylic acids is 1. The second-order valence-corrected chi connectivity index (χ2v) is 4.34. The van der Waals surface area contributed by atoms with Gasteiger partial charge in [-0.15, -0.1) is 0 Å². The number of amides is 1. The summed E-state index contributed by atoms with van der Waals surface area (Å²) in [6, 6.07) is 0. The van der Waals surface area contributed by atoms with Crippen LogP contribution in [0.2, 0.25) is 5.02 Å². The van der Waals surface area contributed by atoms with Crippen LogP contribution < -0.4 is 11.3 Å². The molecule has 0 spiro atoms. The average Bonchev–Trinajstić information content (AvgIpc) is 2.50. The third kappa shape index (κ3) is 3.44. The molecule has 0 bridgehead atoms. The van der Waals surface area contributed by atoms with E-state index in [0.717, 1.165) is 0 Å². The van der Waals surface area contributed by atoms with Gasteiger partial charge in [0.1, 0.15) is 11.6 Å². The van der Waals surface area contributed by atoms with Crippen molar-refractivity contribution in [3.63, 3.8) is 0 Å². The molecule has 14 heavy (non-hydrogen) atoms. The van der Waals surface area contributed by atoms with Crippen molar-refractivity contribution in [2.45, 2.75) is 5.88 Å². The first kappa shape index (κ1) is 11.2. The molecular weight excluding hydrogens is 228 g/mol. The molecule has 0 aromatic carbocycles. The van der Waals surface area contributed by atoms with Gasteiger partial charge in [-0.1, -0.05) is 11.6 Å². The number of halogens is 1. The molecule has 0 aliphatic heterocycles. The van der Waals surface area contributed by atoms with E-state index in [2.05, 4.69) is 5.10 Å². The molecule has 0 fully saturated rings. The first-order valence-corrected chi connectivity index (χ1v) is 5.51. The lowest BCUT2D eigenvalue weighted by Gasteiger charge is -2.00. The zero-order valence-electron chi connectivity index (χ0n) is 7.14. The van der Waals surface area contributed by atoms with E-state index < -0.39 is 16.7 Å². The minimum atomic E-state index is -1.34. The minimum absolute atomic E-state index is 0.125. The largest absolute Gasteiger partial charge is 0.293 e. The Bertz CT molecular complexity index is 353. The van der Waals surface area contributed by atoms with Crippen molar-refractivity contribution in [2.75, 3.05) is 5.75 Å². The van der Waals surface area contributed by atoms with Crippen LogP contribution in [0.15, 0.2) is 12.4 Å². The topological polar surface area (TPSA) is 90.0 Å². The predicted molar refractivity (Wildman–Crippen MR) is 52.6 cm³/mol. The third-order valence-corrected chi connectivity index (χ3v) is 2.66. The van der Waals surface area contributed by atoms with Gasteiger partial charge in [0.15, 0.2) is 0 Å². The van der Waals surface area contributed by atoms with Crippen LogP contribution in [0.25, 0.3) is 0 Å². The zero-order valence-corrected chi connectivity index (χ0v) is 8.72. The zero-order chi connectivity index (χ0) is 10.6. The first-order valence-electron chi connectivity index (χ1n) is 3.64.